The number of alkyl carbamates (subject to hydrolysis) is 1. The Labute approximate surface area is 173 Å². The van der Waals surface area contributed by atoms with Crippen LogP contribution in [-0.4, -0.2) is 18.1 Å². The molecule has 1 aromatic heterocycles. The predicted molar refractivity (Wildman–Crippen MR) is 111 cm³/mol. The summed E-state index contributed by atoms with van der Waals surface area (Å²) < 4.78 is 16.0. The lowest BCUT2D eigenvalue weighted by molar-refractivity contribution is -0.136. The lowest BCUT2D eigenvalue weighted by Crippen LogP contribution is -2.42. The highest BCUT2D eigenvalue weighted by Gasteiger charge is 2.23. The quantitative estimate of drug-likeness (QED) is 0.375. The third-order valence-electron chi connectivity index (χ3n) is 4.56. The second-order valence-corrected chi connectivity index (χ2v) is 6.97. The molecule has 1 N–H and O–H groups in total. The average molecular weight is 409 g/mol. The number of rotatable bonds is 6. The van der Waals surface area contributed by atoms with Gasteiger partial charge in [0, 0.05) is 6.07 Å². The van der Waals surface area contributed by atoms with Crippen molar-refractivity contribution in [3.8, 4) is 5.75 Å². The number of carbonyl (C=O) groups excluding carboxylic acids is 2. The van der Waals surface area contributed by atoms with Gasteiger partial charge in [0.15, 0.2) is 0 Å². The number of ether oxygens (including phenoxy) is 2. The molecule has 30 heavy (non-hydrogen) atoms. The number of fused-ring (bicyclic) bond motifs is 1. The molecule has 3 rings (SSSR count). The number of esters is 1. The van der Waals surface area contributed by atoms with Crippen LogP contribution in [0.25, 0.3) is 11.0 Å². The Hall–Kier alpha value is -3.61. The van der Waals surface area contributed by atoms with E-state index < -0.39 is 23.7 Å². The van der Waals surface area contributed by atoms with Crippen LogP contribution in [0.3, 0.4) is 0 Å². The highest BCUT2D eigenvalue weighted by Crippen LogP contribution is 2.29. The second kappa shape index (κ2) is 9.26. The molecule has 1 atom stereocenters. The van der Waals surface area contributed by atoms with Crippen LogP contribution in [0.4, 0.5) is 4.79 Å². The molecule has 0 aliphatic rings. The summed E-state index contributed by atoms with van der Waals surface area (Å²) in [5, 5.41) is 3.07. The highest BCUT2D eigenvalue weighted by molar-refractivity contribution is 5.91. The molecule has 0 aliphatic carbocycles. The van der Waals surface area contributed by atoms with Gasteiger partial charge in [-0.2, -0.15) is 0 Å². The third kappa shape index (κ3) is 5.05. The lowest BCUT2D eigenvalue weighted by Gasteiger charge is -2.17. The normalized spacial score (nSPS) is 11.7. The molecule has 7 nitrogen and oxygen atoms in total. The standard InChI is InChI=1S/C23H23NO6/c1-4-17(24-23(27)28-13-16-8-6-5-7-9-16)22(26)30-19-11-14(2)10-18-21(19)15(3)12-20(25)29-18/h5-12,17H,4,13H2,1-3H3,(H,24,27)/t17-/m1/s1. The summed E-state index contributed by atoms with van der Waals surface area (Å²) in [5.41, 5.74) is 2.10. The van der Waals surface area contributed by atoms with Gasteiger partial charge in [0.25, 0.3) is 0 Å². The van der Waals surface area contributed by atoms with Crippen molar-refractivity contribution in [2.24, 2.45) is 0 Å². The molecule has 2 aromatic carbocycles. The van der Waals surface area contributed by atoms with E-state index in [0.29, 0.717) is 23.0 Å². The van der Waals surface area contributed by atoms with Gasteiger partial charge in [0.1, 0.15) is 24.0 Å². The van der Waals surface area contributed by atoms with E-state index in [2.05, 4.69) is 5.32 Å². The molecule has 0 aliphatic heterocycles. The van der Waals surface area contributed by atoms with Crippen LogP contribution in [0.2, 0.25) is 0 Å². The lowest BCUT2D eigenvalue weighted by atomic mass is 10.1. The minimum Gasteiger partial charge on any atom is -0.445 e. The first-order valence-electron chi connectivity index (χ1n) is 9.61. The Morgan fingerprint density at radius 1 is 1.10 bits per heavy atom. The van der Waals surface area contributed by atoms with E-state index in [1.807, 2.05) is 30.3 Å². The van der Waals surface area contributed by atoms with Crippen molar-refractivity contribution in [2.75, 3.05) is 0 Å². The maximum atomic E-state index is 12.7. The zero-order chi connectivity index (χ0) is 21.7. The fourth-order valence-electron chi connectivity index (χ4n) is 3.07. The van der Waals surface area contributed by atoms with Crippen LogP contribution in [0.15, 0.2) is 57.7 Å². The third-order valence-corrected chi connectivity index (χ3v) is 4.56. The van der Waals surface area contributed by atoms with Crippen LogP contribution in [0.5, 0.6) is 5.75 Å². The number of nitrogens with one attached hydrogen (secondary N) is 1. The molecule has 156 valence electrons. The topological polar surface area (TPSA) is 94.8 Å². The van der Waals surface area contributed by atoms with Gasteiger partial charge in [-0.25, -0.2) is 14.4 Å². The fourth-order valence-corrected chi connectivity index (χ4v) is 3.07. The molecular weight excluding hydrogens is 386 g/mol. The van der Waals surface area contributed by atoms with Gasteiger partial charge in [-0.3, -0.25) is 0 Å². The highest BCUT2D eigenvalue weighted by atomic mass is 16.6. The van der Waals surface area contributed by atoms with Crippen LogP contribution in [0.1, 0.15) is 30.0 Å². The van der Waals surface area contributed by atoms with E-state index in [1.165, 1.54) is 6.07 Å². The van der Waals surface area contributed by atoms with Gasteiger partial charge < -0.3 is 19.2 Å². The number of aryl methyl sites for hydroxylation is 2. The molecule has 7 heteroatoms. The summed E-state index contributed by atoms with van der Waals surface area (Å²) in [7, 11) is 0. The average Bonchev–Trinajstić information content (AvgIpc) is 2.70. The maximum Gasteiger partial charge on any atom is 0.408 e. The van der Waals surface area contributed by atoms with Gasteiger partial charge in [-0.05, 0) is 49.1 Å². The zero-order valence-electron chi connectivity index (χ0n) is 17.1. The van der Waals surface area contributed by atoms with Crippen molar-refractivity contribution in [1.29, 1.82) is 0 Å². The Morgan fingerprint density at radius 3 is 2.53 bits per heavy atom. The Balaban J connectivity index is 1.72. The molecule has 0 saturated carbocycles. The van der Waals surface area contributed by atoms with Gasteiger partial charge in [0.2, 0.25) is 0 Å². The summed E-state index contributed by atoms with van der Waals surface area (Å²) in [6.07, 6.45) is -0.393. The Kier molecular flexibility index (Phi) is 6.51. The maximum absolute atomic E-state index is 12.7. The summed E-state index contributed by atoms with van der Waals surface area (Å²) in [5.74, 6) is -0.360. The number of hydrogen-bond acceptors (Lipinski definition) is 6. The molecule has 0 radical (unpaired) electrons. The molecule has 1 heterocycles. The first-order chi connectivity index (χ1) is 14.4. The second-order valence-electron chi connectivity index (χ2n) is 6.97. The van der Waals surface area contributed by atoms with Crippen molar-refractivity contribution in [3.05, 3.63) is 75.6 Å². The monoisotopic (exact) mass is 409 g/mol. The molecule has 0 unspecified atom stereocenters. The minimum atomic E-state index is -0.889. The number of carbonyl (C=O) groups is 2. The predicted octanol–water partition coefficient (Wildman–Crippen LogP) is 4.02. The molecule has 0 bridgehead atoms. The van der Waals surface area contributed by atoms with Crippen LogP contribution < -0.4 is 15.7 Å². The van der Waals surface area contributed by atoms with E-state index in [1.54, 1.807) is 32.9 Å². The van der Waals surface area contributed by atoms with Crippen molar-refractivity contribution in [3.63, 3.8) is 0 Å². The molecular formula is C23H23NO6. The largest absolute Gasteiger partial charge is 0.445 e. The molecule has 0 spiro atoms. The number of benzene rings is 2. The van der Waals surface area contributed by atoms with E-state index in [4.69, 9.17) is 13.9 Å². The zero-order valence-corrected chi connectivity index (χ0v) is 17.1. The van der Waals surface area contributed by atoms with Crippen LogP contribution in [0, 0.1) is 13.8 Å². The van der Waals surface area contributed by atoms with Crippen molar-refractivity contribution >= 4 is 23.0 Å². The molecule has 0 fully saturated rings. The van der Waals surface area contributed by atoms with E-state index in [-0.39, 0.29) is 12.4 Å². The van der Waals surface area contributed by atoms with Crippen molar-refractivity contribution in [2.45, 2.75) is 39.8 Å². The van der Waals surface area contributed by atoms with Gasteiger partial charge >= 0.3 is 17.7 Å². The molecule has 1 amide bonds. The van der Waals surface area contributed by atoms with Gasteiger partial charge in [-0.1, -0.05) is 37.3 Å². The van der Waals surface area contributed by atoms with Crippen LogP contribution >= 0.6 is 0 Å². The summed E-state index contributed by atoms with van der Waals surface area (Å²) in [6, 6.07) is 13.1. The Bertz CT molecular complexity index is 1120. The smallest absolute Gasteiger partial charge is 0.408 e. The summed E-state index contributed by atoms with van der Waals surface area (Å²) >= 11 is 0. The van der Waals surface area contributed by atoms with Gasteiger partial charge in [-0.15, -0.1) is 0 Å². The summed E-state index contributed by atoms with van der Waals surface area (Å²) in [4.78, 5) is 36.5. The summed E-state index contributed by atoms with van der Waals surface area (Å²) in [6.45, 7) is 5.39. The first kappa shape index (κ1) is 21.1. The van der Waals surface area contributed by atoms with Gasteiger partial charge in [0.05, 0.1) is 5.39 Å². The van der Waals surface area contributed by atoms with Crippen molar-refractivity contribution < 1.29 is 23.5 Å². The first-order valence-corrected chi connectivity index (χ1v) is 9.61. The molecule has 3 aromatic rings. The minimum absolute atomic E-state index is 0.0961. The van der Waals surface area contributed by atoms with E-state index in [9.17, 15) is 14.4 Å². The fraction of sp³-hybridized carbons (Fsp3) is 0.261. The molecule has 0 saturated heterocycles. The number of amides is 1. The SMILES string of the molecule is CC[C@@H](NC(=O)OCc1ccccc1)C(=O)Oc1cc(C)cc2oc(=O)cc(C)c12. The Morgan fingerprint density at radius 2 is 1.83 bits per heavy atom. The van der Waals surface area contributed by atoms with Crippen molar-refractivity contribution in [1.82, 2.24) is 5.32 Å². The van der Waals surface area contributed by atoms with Crippen LogP contribution in [-0.2, 0) is 16.1 Å². The van der Waals surface area contributed by atoms with E-state index >= 15 is 0 Å². The number of hydrogen-bond donors (Lipinski definition) is 1. The van der Waals surface area contributed by atoms with E-state index in [0.717, 1.165) is 11.1 Å².